The van der Waals surface area contributed by atoms with Crippen LogP contribution in [0, 0.1) is 6.57 Å². The number of hydrogen-bond acceptors (Lipinski definition) is 3. The van der Waals surface area contributed by atoms with E-state index < -0.39 is 5.97 Å². The standard InChI is InChI=1S/C17H10N2O2/c1-18-14-9-5-6-12(10-14)11-15-17(20)21-16(19-15)13-7-3-2-4-8-13/h2-11H/b15-11+. The van der Waals surface area contributed by atoms with Crippen molar-refractivity contribution in [3.63, 3.8) is 0 Å². The summed E-state index contributed by atoms with van der Waals surface area (Å²) in [5, 5.41) is 0. The molecule has 2 aromatic rings. The van der Waals surface area contributed by atoms with Crippen LogP contribution in [0.15, 0.2) is 65.3 Å². The molecule has 4 heteroatoms. The summed E-state index contributed by atoms with van der Waals surface area (Å²) in [6.45, 7) is 6.99. The minimum absolute atomic E-state index is 0.232. The first-order valence-corrected chi connectivity index (χ1v) is 6.32. The molecule has 0 spiro atoms. The fourth-order valence-electron chi connectivity index (χ4n) is 1.96. The Balaban J connectivity index is 1.95. The van der Waals surface area contributed by atoms with Crippen LogP contribution < -0.4 is 0 Å². The largest absolute Gasteiger partial charge is 0.402 e. The molecule has 21 heavy (non-hydrogen) atoms. The monoisotopic (exact) mass is 274 g/mol. The van der Waals surface area contributed by atoms with Crippen LogP contribution in [0.3, 0.4) is 0 Å². The van der Waals surface area contributed by atoms with E-state index in [0.29, 0.717) is 11.6 Å². The lowest BCUT2D eigenvalue weighted by Crippen LogP contribution is -2.04. The van der Waals surface area contributed by atoms with Gasteiger partial charge in [-0.25, -0.2) is 14.6 Å². The molecule has 100 valence electrons. The summed E-state index contributed by atoms with van der Waals surface area (Å²) in [7, 11) is 0. The number of aliphatic imine (C=N–C) groups is 1. The van der Waals surface area contributed by atoms with E-state index in [0.717, 1.165) is 11.1 Å². The van der Waals surface area contributed by atoms with Crippen LogP contribution in [-0.2, 0) is 9.53 Å². The third kappa shape index (κ3) is 2.72. The molecule has 0 saturated heterocycles. The molecule has 4 nitrogen and oxygen atoms in total. The van der Waals surface area contributed by atoms with Crippen LogP contribution in [0.25, 0.3) is 10.9 Å². The Hall–Kier alpha value is -3.19. The maximum absolute atomic E-state index is 11.9. The third-order valence-corrected chi connectivity index (χ3v) is 2.94. The Morgan fingerprint density at radius 2 is 1.90 bits per heavy atom. The molecule has 0 fully saturated rings. The van der Waals surface area contributed by atoms with Gasteiger partial charge in [0.1, 0.15) is 0 Å². The molecule has 0 aliphatic carbocycles. The van der Waals surface area contributed by atoms with Crippen LogP contribution in [-0.4, -0.2) is 11.9 Å². The predicted molar refractivity (Wildman–Crippen MR) is 79.8 cm³/mol. The maximum Gasteiger partial charge on any atom is 0.363 e. The van der Waals surface area contributed by atoms with Crippen LogP contribution >= 0.6 is 0 Å². The number of nitrogens with zero attached hydrogens (tertiary/aromatic N) is 2. The van der Waals surface area contributed by atoms with E-state index in [4.69, 9.17) is 11.3 Å². The number of hydrogen-bond donors (Lipinski definition) is 0. The Bertz CT molecular complexity index is 799. The minimum atomic E-state index is -0.484. The van der Waals surface area contributed by atoms with Gasteiger partial charge in [-0.15, -0.1) is 0 Å². The minimum Gasteiger partial charge on any atom is -0.402 e. The van der Waals surface area contributed by atoms with Gasteiger partial charge in [0.15, 0.2) is 11.4 Å². The molecule has 1 aliphatic rings. The van der Waals surface area contributed by atoms with Gasteiger partial charge in [0.2, 0.25) is 5.90 Å². The van der Waals surface area contributed by atoms with E-state index in [1.807, 2.05) is 36.4 Å². The lowest BCUT2D eigenvalue weighted by atomic mass is 10.2. The molecule has 0 atom stereocenters. The summed E-state index contributed by atoms with van der Waals surface area (Å²) in [4.78, 5) is 19.4. The molecule has 0 amide bonds. The first-order chi connectivity index (χ1) is 10.3. The van der Waals surface area contributed by atoms with Crippen molar-refractivity contribution in [3.8, 4) is 0 Å². The van der Waals surface area contributed by atoms with Gasteiger partial charge in [-0.1, -0.05) is 36.4 Å². The molecule has 0 saturated carbocycles. The van der Waals surface area contributed by atoms with Gasteiger partial charge in [0.05, 0.1) is 6.57 Å². The third-order valence-electron chi connectivity index (χ3n) is 2.94. The molecule has 1 heterocycles. The maximum atomic E-state index is 11.9. The van der Waals surface area contributed by atoms with Gasteiger partial charge in [-0.3, -0.25) is 0 Å². The molecule has 0 N–H and O–H groups in total. The topological polar surface area (TPSA) is 43.0 Å². The fourth-order valence-corrected chi connectivity index (χ4v) is 1.96. The van der Waals surface area contributed by atoms with Gasteiger partial charge in [0.25, 0.3) is 0 Å². The zero-order chi connectivity index (χ0) is 14.7. The zero-order valence-corrected chi connectivity index (χ0v) is 11.0. The number of benzene rings is 2. The van der Waals surface area contributed by atoms with Gasteiger partial charge in [0, 0.05) is 5.56 Å². The highest BCUT2D eigenvalue weighted by Crippen LogP contribution is 2.21. The molecule has 3 rings (SSSR count). The van der Waals surface area contributed by atoms with E-state index in [-0.39, 0.29) is 5.70 Å². The van der Waals surface area contributed by atoms with Gasteiger partial charge in [-0.2, -0.15) is 0 Å². The van der Waals surface area contributed by atoms with Crippen LogP contribution in [0.2, 0.25) is 0 Å². The number of cyclic esters (lactones) is 1. The Kier molecular flexibility index (Phi) is 3.32. The Labute approximate surface area is 121 Å². The second-order valence-electron chi connectivity index (χ2n) is 4.41. The number of carbonyl (C=O) groups excluding carboxylic acids is 1. The molecule has 2 aromatic carbocycles. The predicted octanol–water partition coefficient (Wildman–Crippen LogP) is 3.58. The van der Waals surface area contributed by atoms with Crippen LogP contribution in [0.4, 0.5) is 5.69 Å². The Morgan fingerprint density at radius 3 is 2.67 bits per heavy atom. The highest BCUT2D eigenvalue weighted by Gasteiger charge is 2.23. The number of esters is 1. The zero-order valence-electron chi connectivity index (χ0n) is 11.0. The van der Waals surface area contributed by atoms with Crippen molar-refractivity contribution in [1.29, 1.82) is 0 Å². The van der Waals surface area contributed by atoms with Gasteiger partial charge in [-0.05, 0) is 29.8 Å². The number of ether oxygens (including phenoxy) is 1. The van der Waals surface area contributed by atoms with Crippen LogP contribution in [0.5, 0.6) is 0 Å². The summed E-state index contributed by atoms with van der Waals surface area (Å²) in [5.74, 6) is -0.185. The average Bonchev–Trinajstić information content (AvgIpc) is 2.89. The van der Waals surface area contributed by atoms with E-state index in [2.05, 4.69) is 9.84 Å². The van der Waals surface area contributed by atoms with Crippen molar-refractivity contribution in [3.05, 3.63) is 82.8 Å². The van der Waals surface area contributed by atoms with Crippen molar-refractivity contribution in [2.75, 3.05) is 0 Å². The molecule has 0 unspecified atom stereocenters. The molecule has 0 aromatic heterocycles. The van der Waals surface area contributed by atoms with Crippen molar-refractivity contribution >= 4 is 23.6 Å². The summed E-state index contributed by atoms with van der Waals surface area (Å²) in [6, 6.07) is 16.2. The second-order valence-corrected chi connectivity index (χ2v) is 4.41. The van der Waals surface area contributed by atoms with E-state index in [9.17, 15) is 4.79 Å². The summed E-state index contributed by atoms with van der Waals surface area (Å²) in [6.07, 6.45) is 1.62. The second kappa shape index (κ2) is 5.43. The molecule has 0 bridgehead atoms. The van der Waals surface area contributed by atoms with Crippen LogP contribution in [0.1, 0.15) is 11.1 Å². The van der Waals surface area contributed by atoms with Crippen molar-refractivity contribution in [2.45, 2.75) is 0 Å². The highest BCUT2D eigenvalue weighted by molar-refractivity contribution is 6.12. The first kappa shape index (κ1) is 12.8. The Morgan fingerprint density at radius 1 is 1.10 bits per heavy atom. The van der Waals surface area contributed by atoms with Crippen molar-refractivity contribution in [2.24, 2.45) is 4.99 Å². The fraction of sp³-hybridized carbons (Fsp3) is 0. The quantitative estimate of drug-likeness (QED) is 0.477. The summed E-state index contributed by atoms with van der Waals surface area (Å²) in [5.41, 5.74) is 2.25. The van der Waals surface area contributed by atoms with E-state index in [1.54, 1.807) is 24.3 Å². The first-order valence-electron chi connectivity index (χ1n) is 6.32. The lowest BCUT2D eigenvalue weighted by Gasteiger charge is -1.97. The molecule has 0 radical (unpaired) electrons. The number of carbonyl (C=O) groups is 1. The van der Waals surface area contributed by atoms with E-state index in [1.165, 1.54) is 0 Å². The summed E-state index contributed by atoms with van der Waals surface area (Å²) < 4.78 is 5.17. The van der Waals surface area contributed by atoms with Crippen molar-refractivity contribution in [1.82, 2.24) is 0 Å². The van der Waals surface area contributed by atoms with Gasteiger partial charge >= 0.3 is 5.97 Å². The molecular weight excluding hydrogens is 264 g/mol. The lowest BCUT2D eigenvalue weighted by molar-refractivity contribution is -0.129. The van der Waals surface area contributed by atoms with Gasteiger partial charge < -0.3 is 4.74 Å². The molecular formula is C17H10N2O2. The highest BCUT2D eigenvalue weighted by atomic mass is 16.6. The van der Waals surface area contributed by atoms with E-state index >= 15 is 0 Å². The molecule has 1 aliphatic heterocycles. The SMILES string of the molecule is [C-]#[N+]c1cccc(/C=C2/N=C(c3ccccc3)OC2=O)c1. The summed E-state index contributed by atoms with van der Waals surface area (Å²) >= 11 is 0. The van der Waals surface area contributed by atoms with Crippen molar-refractivity contribution < 1.29 is 9.53 Å². The normalized spacial score (nSPS) is 15.5. The number of rotatable bonds is 2. The average molecular weight is 274 g/mol. The smallest absolute Gasteiger partial charge is 0.363 e.